The summed E-state index contributed by atoms with van der Waals surface area (Å²) in [5, 5.41) is 7.41. The Balaban J connectivity index is 1.27. The van der Waals surface area contributed by atoms with Crippen LogP contribution in [0.2, 0.25) is 0 Å². The van der Waals surface area contributed by atoms with Crippen LogP contribution in [0.1, 0.15) is 0 Å². The molecule has 1 heteroatoms. The third-order valence-corrected chi connectivity index (χ3v) is 8.91. The minimum Gasteiger partial charge on any atom is -0.456 e. The number of benzene rings is 8. The molecule has 0 aromatic heterocycles. The Morgan fingerprint density at radius 2 is 0.698 bits per heavy atom. The maximum absolute atomic E-state index is 6.39. The molecule has 0 N–H and O–H groups in total. The van der Waals surface area contributed by atoms with E-state index in [0.29, 0.717) is 0 Å². The van der Waals surface area contributed by atoms with Gasteiger partial charge in [-0.25, -0.2) is 0 Å². The highest BCUT2D eigenvalue weighted by Gasteiger charge is 2.22. The van der Waals surface area contributed by atoms with Crippen molar-refractivity contribution in [2.75, 3.05) is 0 Å². The number of rotatable bonds is 3. The maximum atomic E-state index is 6.39. The van der Waals surface area contributed by atoms with Gasteiger partial charge in [0.25, 0.3) is 0 Å². The maximum Gasteiger partial charge on any atom is 0.135 e. The van der Waals surface area contributed by atoms with Crippen LogP contribution in [-0.4, -0.2) is 0 Å². The van der Waals surface area contributed by atoms with Crippen LogP contribution in [0.3, 0.4) is 0 Å². The van der Waals surface area contributed by atoms with Gasteiger partial charge in [-0.2, -0.15) is 0 Å². The molecule has 0 fully saturated rings. The Labute approximate surface area is 250 Å². The average Bonchev–Trinajstić information content (AvgIpc) is 3.08. The van der Waals surface area contributed by atoms with Crippen LogP contribution in [0.4, 0.5) is 0 Å². The van der Waals surface area contributed by atoms with Gasteiger partial charge in [-0.3, -0.25) is 0 Å². The molecule has 0 unspecified atom stereocenters. The summed E-state index contributed by atoms with van der Waals surface area (Å²) in [5.74, 6) is 1.83. The van der Waals surface area contributed by atoms with E-state index in [1.165, 1.54) is 71.3 Å². The van der Waals surface area contributed by atoms with E-state index in [0.717, 1.165) is 17.1 Å². The van der Waals surface area contributed by atoms with E-state index in [-0.39, 0.29) is 0 Å². The zero-order chi connectivity index (χ0) is 28.3. The molecular formula is C42H26O. The molecule has 1 nitrogen and oxygen atoms in total. The van der Waals surface area contributed by atoms with Crippen molar-refractivity contribution in [3.63, 3.8) is 0 Å². The summed E-state index contributed by atoms with van der Waals surface area (Å²) >= 11 is 0. The first-order valence-corrected chi connectivity index (χ1v) is 14.8. The van der Waals surface area contributed by atoms with Gasteiger partial charge in [0.2, 0.25) is 0 Å². The highest BCUT2D eigenvalue weighted by molar-refractivity contribution is 6.16. The van der Waals surface area contributed by atoms with E-state index >= 15 is 0 Å². The fourth-order valence-electron chi connectivity index (χ4n) is 6.99. The minimum absolute atomic E-state index is 0.913. The van der Waals surface area contributed by atoms with Crippen LogP contribution >= 0.6 is 0 Å². The van der Waals surface area contributed by atoms with E-state index in [1.807, 2.05) is 12.1 Å². The van der Waals surface area contributed by atoms with Gasteiger partial charge in [0.05, 0.1) is 0 Å². The largest absolute Gasteiger partial charge is 0.456 e. The molecule has 0 radical (unpaired) electrons. The Kier molecular flexibility index (Phi) is 5.27. The first kappa shape index (κ1) is 24.0. The normalized spacial score (nSPS) is 11.9. The second-order valence-electron chi connectivity index (χ2n) is 11.2. The van der Waals surface area contributed by atoms with E-state index in [2.05, 4.69) is 146 Å². The van der Waals surface area contributed by atoms with Gasteiger partial charge in [-0.05, 0) is 78.0 Å². The van der Waals surface area contributed by atoms with Gasteiger partial charge in [0, 0.05) is 10.9 Å². The summed E-state index contributed by atoms with van der Waals surface area (Å²) in [4.78, 5) is 0. The van der Waals surface area contributed by atoms with Gasteiger partial charge in [-0.1, -0.05) is 146 Å². The lowest BCUT2D eigenvalue weighted by Gasteiger charge is -2.23. The average molecular weight is 547 g/mol. The van der Waals surface area contributed by atoms with E-state index in [4.69, 9.17) is 4.74 Å². The predicted molar refractivity (Wildman–Crippen MR) is 181 cm³/mol. The molecule has 0 aliphatic carbocycles. The summed E-state index contributed by atoms with van der Waals surface area (Å²) in [6.07, 6.45) is 0. The lowest BCUT2D eigenvalue weighted by atomic mass is 9.86. The molecule has 0 saturated carbocycles. The van der Waals surface area contributed by atoms with Gasteiger partial charge in [0.1, 0.15) is 11.5 Å². The first-order valence-electron chi connectivity index (χ1n) is 14.8. The van der Waals surface area contributed by atoms with Gasteiger partial charge < -0.3 is 4.74 Å². The standard InChI is InChI=1S/C42H26O/c1-2-11-27(12-3-1)28-21-22-33(30-14-5-4-13-29(28)30)34-23-24-35(32-16-7-6-15-31(32)34)36-25-26-39-37-17-8-9-19-40(37)43-41-20-10-18-38(36)42(39)41/h1-26H. The SMILES string of the molecule is c1ccc(-c2ccc(-c3ccc(-c4ccc5c6c(cccc46)Oc4ccccc4-5)c4ccccc34)c3ccccc23)cc1. The molecule has 9 rings (SSSR count). The number of fused-ring (bicyclic) bond motifs is 4. The molecule has 200 valence electrons. The van der Waals surface area contributed by atoms with Crippen molar-refractivity contribution in [2.24, 2.45) is 0 Å². The second-order valence-corrected chi connectivity index (χ2v) is 11.2. The number of hydrogen-bond donors (Lipinski definition) is 0. The molecule has 8 aromatic carbocycles. The van der Waals surface area contributed by atoms with Crippen LogP contribution in [-0.2, 0) is 0 Å². The van der Waals surface area contributed by atoms with Crippen LogP contribution in [0.25, 0.3) is 76.8 Å². The van der Waals surface area contributed by atoms with Gasteiger partial charge in [0.15, 0.2) is 0 Å². The van der Waals surface area contributed by atoms with Crippen molar-refractivity contribution in [1.29, 1.82) is 0 Å². The quantitative estimate of drug-likeness (QED) is 0.214. The Hall–Kier alpha value is -5.66. The van der Waals surface area contributed by atoms with E-state index in [9.17, 15) is 0 Å². The molecule has 8 aromatic rings. The molecule has 1 aliphatic heterocycles. The zero-order valence-electron chi connectivity index (χ0n) is 23.4. The molecule has 0 amide bonds. The third kappa shape index (κ3) is 3.65. The van der Waals surface area contributed by atoms with Gasteiger partial charge in [-0.15, -0.1) is 0 Å². The molecular weight excluding hydrogens is 520 g/mol. The summed E-state index contributed by atoms with van der Waals surface area (Å²) in [6.45, 7) is 0. The van der Waals surface area contributed by atoms with Crippen molar-refractivity contribution in [2.45, 2.75) is 0 Å². The predicted octanol–water partition coefficient (Wildman–Crippen LogP) is 11.9. The Morgan fingerprint density at radius 3 is 1.35 bits per heavy atom. The fraction of sp³-hybridized carbons (Fsp3) is 0. The molecule has 0 spiro atoms. The van der Waals surface area contributed by atoms with Crippen LogP contribution in [0.15, 0.2) is 158 Å². The van der Waals surface area contributed by atoms with Gasteiger partial charge >= 0.3 is 0 Å². The van der Waals surface area contributed by atoms with Crippen LogP contribution in [0, 0.1) is 0 Å². The molecule has 0 saturated heterocycles. The van der Waals surface area contributed by atoms with Crippen molar-refractivity contribution < 1.29 is 4.74 Å². The smallest absolute Gasteiger partial charge is 0.135 e. The minimum atomic E-state index is 0.913. The molecule has 0 atom stereocenters. The summed E-state index contributed by atoms with van der Waals surface area (Å²) in [7, 11) is 0. The molecule has 43 heavy (non-hydrogen) atoms. The monoisotopic (exact) mass is 546 g/mol. The van der Waals surface area contributed by atoms with E-state index < -0.39 is 0 Å². The van der Waals surface area contributed by atoms with E-state index in [1.54, 1.807) is 0 Å². The van der Waals surface area contributed by atoms with Crippen molar-refractivity contribution in [3.05, 3.63) is 158 Å². The lowest BCUT2D eigenvalue weighted by Crippen LogP contribution is -1.97. The molecule has 1 aliphatic rings. The van der Waals surface area contributed by atoms with Crippen LogP contribution < -0.4 is 4.74 Å². The molecule has 0 bridgehead atoms. The lowest BCUT2D eigenvalue weighted by molar-refractivity contribution is 0.487. The van der Waals surface area contributed by atoms with Crippen LogP contribution in [0.5, 0.6) is 11.5 Å². The summed E-state index contributed by atoms with van der Waals surface area (Å²) in [6, 6.07) is 56.7. The number of para-hydroxylation sites is 1. The molecule has 1 heterocycles. The van der Waals surface area contributed by atoms with Crippen molar-refractivity contribution >= 4 is 32.3 Å². The Morgan fingerprint density at radius 1 is 0.256 bits per heavy atom. The third-order valence-electron chi connectivity index (χ3n) is 8.91. The Bertz CT molecular complexity index is 2360. The summed E-state index contributed by atoms with van der Waals surface area (Å²) < 4.78 is 6.39. The van der Waals surface area contributed by atoms with Crippen molar-refractivity contribution in [1.82, 2.24) is 0 Å². The number of ether oxygens (including phenoxy) is 1. The summed E-state index contributed by atoms with van der Waals surface area (Å²) in [5.41, 5.74) is 9.80. The first-order chi connectivity index (χ1) is 21.3. The highest BCUT2D eigenvalue weighted by atomic mass is 16.5. The number of hydrogen-bond acceptors (Lipinski definition) is 1. The zero-order valence-corrected chi connectivity index (χ0v) is 23.4. The topological polar surface area (TPSA) is 9.23 Å². The fourth-order valence-corrected chi connectivity index (χ4v) is 6.99. The van der Waals surface area contributed by atoms with Crippen molar-refractivity contribution in [3.8, 4) is 56.0 Å². The highest BCUT2D eigenvalue weighted by Crippen LogP contribution is 2.49. The second kappa shape index (κ2) is 9.44.